The van der Waals surface area contributed by atoms with Crippen LogP contribution in [0.2, 0.25) is 0 Å². The first-order valence-corrected chi connectivity index (χ1v) is 7.77. The number of hydrogen-bond donors (Lipinski definition) is 0. The normalized spacial score (nSPS) is 19.4. The van der Waals surface area contributed by atoms with E-state index in [9.17, 15) is 4.79 Å². The van der Waals surface area contributed by atoms with E-state index in [0.717, 1.165) is 50.7 Å². The molecule has 1 fully saturated rings. The summed E-state index contributed by atoms with van der Waals surface area (Å²) in [4.78, 5) is 14.1. The number of rotatable bonds is 6. The summed E-state index contributed by atoms with van der Waals surface area (Å²) >= 11 is 3.36. The summed E-state index contributed by atoms with van der Waals surface area (Å²) < 4.78 is 5.68. The van der Waals surface area contributed by atoms with E-state index in [4.69, 9.17) is 4.74 Å². The third kappa shape index (κ3) is 4.96. The lowest BCUT2D eigenvalue weighted by atomic mass is 10.0. The van der Waals surface area contributed by atoms with Gasteiger partial charge in [0.15, 0.2) is 0 Å². The molecule has 0 saturated carbocycles. The fourth-order valence-electron chi connectivity index (χ4n) is 2.32. The van der Waals surface area contributed by atoms with Crippen molar-refractivity contribution in [3.05, 3.63) is 0 Å². The second-order valence-electron chi connectivity index (χ2n) is 4.77. The van der Waals surface area contributed by atoms with Crippen LogP contribution in [-0.2, 0) is 9.53 Å². The minimum absolute atomic E-state index is 0.181. The molecule has 0 N–H and O–H groups in total. The molecule has 100 valence electrons. The van der Waals surface area contributed by atoms with E-state index in [1.54, 1.807) is 0 Å². The van der Waals surface area contributed by atoms with E-state index in [1.807, 2.05) is 11.8 Å². The van der Waals surface area contributed by atoms with Gasteiger partial charge in [-0.25, -0.2) is 0 Å². The van der Waals surface area contributed by atoms with Gasteiger partial charge in [0, 0.05) is 24.3 Å². The van der Waals surface area contributed by atoms with Crippen LogP contribution >= 0.6 is 15.9 Å². The predicted octanol–water partition coefficient (Wildman–Crippen LogP) is 2.83. The van der Waals surface area contributed by atoms with Crippen LogP contribution in [0.1, 0.15) is 39.5 Å². The van der Waals surface area contributed by atoms with Crippen LogP contribution in [0.15, 0.2) is 0 Å². The molecule has 4 heteroatoms. The molecule has 1 rings (SSSR count). The van der Waals surface area contributed by atoms with Gasteiger partial charge in [0.25, 0.3) is 0 Å². The maximum atomic E-state index is 12.1. The molecule has 0 aliphatic carbocycles. The quantitative estimate of drug-likeness (QED) is 0.706. The molecule has 1 amide bonds. The van der Waals surface area contributed by atoms with E-state index < -0.39 is 0 Å². The number of halogens is 1. The minimum Gasteiger partial charge on any atom is -0.377 e. The van der Waals surface area contributed by atoms with E-state index in [2.05, 4.69) is 22.9 Å². The molecular formula is C13H24BrNO2. The summed E-state index contributed by atoms with van der Waals surface area (Å²) in [6.07, 6.45) is 4.39. The molecule has 0 radical (unpaired) electrons. The molecule has 1 heterocycles. The average molecular weight is 306 g/mol. The van der Waals surface area contributed by atoms with Gasteiger partial charge >= 0.3 is 0 Å². The first kappa shape index (κ1) is 15.0. The number of nitrogens with zero attached hydrogens (tertiary/aromatic N) is 1. The molecule has 1 saturated heterocycles. The van der Waals surface area contributed by atoms with Crippen molar-refractivity contribution in [1.82, 2.24) is 4.90 Å². The topological polar surface area (TPSA) is 29.5 Å². The van der Waals surface area contributed by atoms with Crippen LogP contribution in [0, 0.1) is 5.92 Å². The Labute approximate surface area is 113 Å². The third-order valence-electron chi connectivity index (χ3n) is 3.33. The summed E-state index contributed by atoms with van der Waals surface area (Å²) in [5, 5.41) is 0.889. The maximum absolute atomic E-state index is 12.1. The lowest BCUT2D eigenvalue weighted by Gasteiger charge is -2.33. The summed E-state index contributed by atoms with van der Waals surface area (Å²) in [6, 6.07) is 0. The van der Waals surface area contributed by atoms with Crippen molar-refractivity contribution < 1.29 is 9.53 Å². The largest absolute Gasteiger partial charge is 0.377 e. The molecule has 0 aromatic carbocycles. The zero-order valence-corrected chi connectivity index (χ0v) is 12.5. The smallest absolute Gasteiger partial charge is 0.225 e. The number of carbonyl (C=O) groups is 1. The molecule has 0 bridgehead atoms. The number of hydrogen-bond acceptors (Lipinski definition) is 2. The zero-order valence-electron chi connectivity index (χ0n) is 11.0. The van der Waals surface area contributed by atoms with Crippen molar-refractivity contribution in [3.8, 4) is 0 Å². The number of ether oxygens (including phenoxy) is 1. The molecule has 1 unspecified atom stereocenters. The van der Waals surface area contributed by atoms with Crippen molar-refractivity contribution in [3.63, 3.8) is 0 Å². The highest BCUT2D eigenvalue weighted by Gasteiger charge is 2.25. The third-order valence-corrected chi connectivity index (χ3v) is 3.65. The van der Waals surface area contributed by atoms with Crippen LogP contribution in [0.4, 0.5) is 0 Å². The van der Waals surface area contributed by atoms with Gasteiger partial charge in [0.1, 0.15) is 0 Å². The summed E-state index contributed by atoms with van der Waals surface area (Å²) in [7, 11) is 0. The first-order valence-electron chi connectivity index (χ1n) is 6.65. The van der Waals surface area contributed by atoms with E-state index >= 15 is 0 Å². The number of likely N-dealkylation sites (tertiary alicyclic amines) is 1. The maximum Gasteiger partial charge on any atom is 0.225 e. The van der Waals surface area contributed by atoms with Crippen LogP contribution < -0.4 is 0 Å². The van der Waals surface area contributed by atoms with Gasteiger partial charge in [0.2, 0.25) is 5.91 Å². The second-order valence-corrected chi connectivity index (χ2v) is 5.57. The van der Waals surface area contributed by atoms with Crippen molar-refractivity contribution in [2.75, 3.05) is 25.0 Å². The zero-order chi connectivity index (χ0) is 12.7. The Kier molecular flexibility index (Phi) is 7.12. The Morgan fingerprint density at radius 1 is 1.47 bits per heavy atom. The van der Waals surface area contributed by atoms with Crippen molar-refractivity contribution in [2.24, 2.45) is 5.92 Å². The van der Waals surface area contributed by atoms with E-state index in [0.29, 0.717) is 12.0 Å². The number of amides is 1. The summed E-state index contributed by atoms with van der Waals surface area (Å²) in [6.45, 7) is 6.66. The predicted molar refractivity (Wildman–Crippen MR) is 73.4 cm³/mol. The molecule has 0 aromatic heterocycles. The van der Waals surface area contributed by atoms with Gasteiger partial charge in [-0.2, -0.15) is 0 Å². The molecule has 1 aliphatic heterocycles. The first-order chi connectivity index (χ1) is 8.19. The molecule has 3 nitrogen and oxygen atoms in total. The van der Waals surface area contributed by atoms with Crippen LogP contribution in [0.25, 0.3) is 0 Å². The summed E-state index contributed by atoms with van der Waals surface area (Å²) in [5.41, 5.74) is 0. The molecule has 0 aromatic rings. The molecule has 1 aliphatic rings. The SMILES string of the molecule is CCCC(C)C(=O)N1CCC(OCCBr)CC1. The van der Waals surface area contributed by atoms with Gasteiger partial charge in [0.05, 0.1) is 12.7 Å². The van der Waals surface area contributed by atoms with Gasteiger partial charge in [-0.1, -0.05) is 36.2 Å². The minimum atomic E-state index is 0.181. The highest BCUT2D eigenvalue weighted by atomic mass is 79.9. The molecule has 17 heavy (non-hydrogen) atoms. The van der Waals surface area contributed by atoms with E-state index in [-0.39, 0.29) is 5.92 Å². The number of carbonyl (C=O) groups excluding carboxylic acids is 1. The van der Waals surface area contributed by atoms with E-state index in [1.165, 1.54) is 0 Å². The molecule has 0 spiro atoms. The van der Waals surface area contributed by atoms with Crippen molar-refractivity contribution >= 4 is 21.8 Å². The second kappa shape index (κ2) is 8.09. The van der Waals surface area contributed by atoms with Crippen LogP contribution in [-0.4, -0.2) is 41.9 Å². The van der Waals surface area contributed by atoms with Gasteiger partial charge in [-0.15, -0.1) is 0 Å². The lowest BCUT2D eigenvalue weighted by molar-refractivity contribution is -0.137. The Hall–Kier alpha value is -0.0900. The standard InChI is InChI=1S/C13H24BrNO2/c1-3-4-11(2)13(16)15-8-5-12(6-9-15)17-10-7-14/h11-12H,3-10H2,1-2H3. The highest BCUT2D eigenvalue weighted by Crippen LogP contribution is 2.17. The highest BCUT2D eigenvalue weighted by molar-refractivity contribution is 9.09. The number of piperidine rings is 1. The Bertz CT molecular complexity index is 227. The van der Waals surface area contributed by atoms with Crippen molar-refractivity contribution in [1.29, 1.82) is 0 Å². The van der Waals surface area contributed by atoms with Gasteiger partial charge < -0.3 is 9.64 Å². The average Bonchev–Trinajstić information content (AvgIpc) is 2.36. The fraction of sp³-hybridized carbons (Fsp3) is 0.923. The van der Waals surface area contributed by atoms with Gasteiger partial charge in [-0.05, 0) is 19.3 Å². The van der Waals surface area contributed by atoms with Crippen LogP contribution in [0.5, 0.6) is 0 Å². The molecular weight excluding hydrogens is 282 g/mol. The monoisotopic (exact) mass is 305 g/mol. The Balaban J connectivity index is 2.28. The lowest BCUT2D eigenvalue weighted by Crippen LogP contribution is -2.43. The molecule has 1 atom stereocenters. The van der Waals surface area contributed by atoms with Crippen LogP contribution in [0.3, 0.4) is 0 Å². The Morgan fingerprint density at radius 3 is 2.65 bits per heavy atom. The number of alkyl halides is 1. The van der Waals surface area contributed by atoms with Crippen molar-refractivity contribution in [2.45, 2.75) is 45.6 Å². The van der Waals surface area contributed by atoms with Gasteiger partial charge in [-0.3, -0.25) is 4.79 Å². The summed E-state index contributed by atoms with van der Waals surface area (Å²) in [5.74, 6) is 0.505. The Morgan fingerprint density at radius 2 is 2.12 bits per heavy atom. The fourth-order valence-corrected chi connectivity index (χ4v) is 2.51.